The monoisotopic (exact) mass is 321 g/mol. The van der Waals surface area contributed by atoms with E-state index in [4.69, 9.17) is 9.84 Å². The number of aryl methyl sites for hydroxylation is 2. The molecule has 19 heavy (non-hydrogen) atoms. The zero-order chi connectivity index (χ0) is 14.0. The Morgan fingerprint density at radius 2 is 2.00 bits per heavy atom. The van der Waals surface area contributed by atoms with Gasteiger partial charge in [-0.1, -0.05) is 17.7 Å². The number of ether oxygens (including phenoxy) is 1. The molecule has 98 valence electrons. The SMILES string of the molecule is Cc1ccc(Oc2cc(Br)cnc2C(=O)O)c(C)c1. The number of carbonyl (C=O) groups is 1. The summed E-state index contributed by atoms with van der Waals surface area (Å²) in [7, 11) is 0. The minimum absolute atomic E-state index is 0.108. The molecule has 4 nitrogen and oxygen atoms in total. The third-order valence-electron chi connectivity index (χ3n) is 2.57. The maximum absolute atomic E-state index is 11.1. The largest absolute Gasteiger partial charge is 0.476 e. The number of rotatable bonds is 3. The summed E-state index contributed by atoms with van der Waals surface area (Å²) >= 11 is 3.25. The van der Waals surface area contributed by atoms with Crippen molar-refractivity contribution in [2.45, 2.75) is 13.8 Å². The van der Waals surface area contributed by atoms with Crippen LogP contribution < -0.4 is 4.74 Å². The van der Waals surface area contributed by atoms with Crippen molar-refractivity contribution >= 4 is 21.9 Å². The summed E-state index contributed by atoms with van der Waals surface area (Å²) in [5, 5.41) is 9.09. The van der Waals surface area contributed by atoms with E-state index in [2.05, 4.69) is 20.9 Å². The van der Waals surface area contributed by atoms with Gasteiger partial charge in [0.05, 0.1) is 0 Å². The van der Waals surface area contributed by atoms with Crippen LogP contribution in [0.3, 0.4) is 0 Å². The van der Waals surface area contributed by atoms with Gasteiger partial charge in [0, 0.05) is 10.7 Å². The highest BCUT2D eigenvalue weighted by atomic mass is 79.9. The van der Waals surface area contributed by atoms with E-state index < -0.39 is 5.97 Å². The number of nitrogens with zero attached hydrogens (tertiary/aromatic N) is 1. The van der Waals surface area contributed by atoms with Crippen LogP contribution in [0.2, 0.25) is 0 Å². The fourth-order valence-electron chi connectivity index (χ4n) is 1.69. The van der Waals surface area contributed by atoms with E-state index in [1.165, 1.54) is 6.20 Å². The lowest BCUT2D eigenvalue weighted by molar-refractivity contribution is 0.0687. The lowest BCUT2D eigenvalue weighted by atomic mass is 10.1. The Morgan fingerprint density at radius 1 is 1.26 bits per heavy atom. The molecule has 0 unspecified atom stereocenters. The summed E-state index contributed by atoms with van der Waals surface area (Å²) < 4.78 is 6.33. The number of carboxylic acid groups (broad SMARTS) is 1. The van der Waals surface area contributed by atoms with Crippen molar-refractivity contribution in [2.75, 3.05) is 0 Å². The average molecular weight is 322 g/mol. The van der Waals surface area contributed by atoms with Gasteiger partial charge < -0.3 is 9.84 Å². The fraction of sp³-hybridized carbons (Fsp3) is 0.143. The van der Waals surface area contributed by atoms with E-state index in [0.29, 0.717) is 10.2 Å². The summed E-state index contributed by atoms with van der Waals surface area (Å²) in [4.78, 5) is 15.0. The number of hydrogen-bond acceptors (Lipinski definition) is 3. The Balaban J connectivity index is 2.42. The van der Waals surface area contributed by atoms with Crippen molar-refractivity contribution in [1.82, 2.24) is 4.98 Å². The molecule has 0 saturated heterocycles. The average Bonchev–Trinajstić information content (AvgIpc) is 2.32. The highest BCUT2D eigenvalue weighted by Crippen LogP contribution is 2.29. The molecule has 0 aliphatic heterocycles. The molecule has 1 aromatic heterocycles. The number of aromatic nitrogens is 1. The standard InChI is InChI=1S/C14H12BrNO3/c1-8-3-4-11(9(2)5-8)19-12-6-10(15)7-16-13(12)14(17)18/h3-7H,1-2H3,(H,17,18). The maximum Gasteiger partial charge on any atom is 0.358 e. The van der Waals surface area contributed by atoms with E-state index in [-0.39, 0.29) is 11.4 Å². The highest BCUT2D eigenvalue weighted by Gasteiger charge is 2.15. The minimum Gasteiger partial charge on any atom is -0.476 e. The molecule has 2 rings (SSSR count). The third-order valence-corrected chi connectivity index (χ3v) is 3.01. The molecular formula is C14H12BrNO3. The summed E-state index contributed by atoms with van der Waals surface area (Å²) in [5.41, 5.74) is 1.95. The number of aromatic carboxylic acids is 1. The molecule has 0 bridgehead atoms. The van der Waals surface area contributed by atoms with Crippen molar-refractivity contribution < 1.29 is 14.6 Å². The summed E-state index contributed by atoms with van der Waals surface area (Å²) in [6.45, 7) is 3.90. The van der Waals surface area contributed by atoms with Gasteiger partial charge in [-0.15, -0.1) is 0 Å². The quantitative estimate of drug-likeness (QED) is 0.929. The van der Waals surface area contributed by atoms with Gasteiger partial charge in [0.2, 0.25) is 0 Å². The first-order chi connectivity index (χ1) is 8.97. The topological polar surface area (TPSA) is 59.4 Å². The van der Waals surface area contributed by atoms with Crippen LogP contribution in [0.15, 0.2) is 34.9 Å². The number of carboxylic acids is 1. The number of benzene rings is 1. The number of hydrogen-bond donors (Lipinski definition) is 1. The van der Waals surface area contributed by atoms with Crippen molar-refractivity contribution in [3.05, 3.63) is 51.8 Å². The Kier molecular flexibility index (Phi) is 3.85. The minimum atomic E-state index is -1.12. The molecule has 0 atom stereocenters. The maximum atomic E-state index is 11.1. The van der Waals surface area contributed by atoms with Crippen LogP contribution in [0.1, 0.15) is 21.6 Å². The smallest absolute Gasteiger partial charge is 0.358 e. The predicted octanol–water partition coefficient (Wildman–Crippen LogP) is 3.95. The first kappa shape index (κ1) is 13.5. The summed E-state index contributed by atoms with van der Waals surface area (Å²) in [6, 6.07) is 7.29. The number of pyridine rings is 1. The van der Waals surface area contributed by atoms with Crippen molar-refractivity contribution in [3.8, 4) is 11.5 Å². The molecule has 0 aliphatic rings. The van der Waals surface area contributed by atoms with Crippen molar-refractivity contribution in [3.63, 3.8) is 0 Å². The van der Waals surface area contributed by atoms with E-state index >= 15 is 0 Å². The van der Waals surface area contributed by atoms with Crippen LogP contribution in [0, 0.1) is 13.8 Å². The predicted molar refractivity (Wildman–Crippen MR) is 74.9 cm³/mol. The second-order valence-electron chi connectivity index (χ2n) is 4.18. The van der Waals surface area contributed by atoms with Crippen LogP contribution in [0.4, 0.5) is 0 Å². The molecule has 5 heteroatoms. The van der Waals surface area contributed by atoms with Gasteiger partial charge in [-0.2, -0.15) is 0 Å². The zero-order valence-corrected chi connectivity index (χ0v) is 12.1. The van der Waals surface area contributed by atoms with Gasteiger partial charge in [0.1, 0.15) is 5.75 Å². The van der Waals surface area contributed by atoms with E-state index in [0.717, 1.165) is 11.1 Å². The van der Waals surface area contributed by atoms with Gasteiger partial charge in [0.25, 0.3) is 0 Å². The lowest BCUT2D eigenvalue weighted by Crippen LogP contribution is -2.03. The second kappa shape index (κ2) is 5.40. The van der Waals surface area contributed by atoms with Gasteiger partial charge >= 0.3 is 5.97 Å². The van der Waals surface area contributed by atoms with Crippen molar-refractivity contribution in [1.29, 1.82) is 0 Å². The Morgan fingerprint density at radius 3 is 2.63 bits per heavy atom. The molecule has 0 amide bonds. The molecular weight excluding hydrogens is 310 g/mol. The fourth-order valence-corrected chi connectivity index (χ4v) is 2.00. The molecule has 0 saturated carbocycles. The molecule has 0 aliphatic carbocycles. The van der Waals surface area contributed by atoms with E-state index in [1.807, 2.05) is 32.0 Å². The van der Waals surface area contributed by atoms with Gasteiger partial charge in [-0.05, 0) is 47.5 Å². The molecule has 0 radical (unpaired) electrons. The molecule has 1 heterocycles. The molecule has 0 spiro atoms. The molecule has 2 aromatic rings. The summed E-state index contributed by atoms with van der Waals surface area (Å²) in [5.74, 6) is -0.283. The van der Waals surface area contributed by atoms with E-state index in [9.17, 15) is 4.79 Å². The highest BCUT2D eigenvalue weighted by molar-refractivity contribution is 9.10. The number of halogens is 1. The Hall–Kier alpha value is -1.88. The van der Waals surface area contributed by atoms with Crippen LogP contribution in [0.5, 0.6) is 11.5 Å². The van der Waals surface area contributed by atoms with Gasteiger partial charge in [0.15, 0.2) is 11.4 Å². The third kappa shape index (κ3) is 3.12. The Bertz CT molecular complexity index is 641. The van der Waals surface area contributed by atoms with Crippen LogP contribution in [0.25, 0.3) is 0 Å². The summed E-state index contributed by atoms with van der Waals surface area (Å²) in [6.07, 6.45) is 1.43. The molecule has 1 N–H and O–H groups in total. The van der Waals surface area contributed by atoms with Crippen LogP contribution in [-0.2, 0) is 0 Å². The van der Waals surface area contributed by atoms with E-state index in [1.54, 1.807) is 6.07 Å². The zero-order valence-electron chi connectivity index (χ0n) is 10.5. The second-order valence-corrected chi connectivity index (χ2v) is 5.09. The first-order valence-corrected chi connectivity index (χ1v) is 6.40. The molecule has 1 aromatic carbocycles. The van der Waals surface area contributed by atoms with Gasteiger partial charge in [-0.25, -0.2) is 9.78 Å². The normalized spacial score (nSPS) is 10.3. The van der Waals surface area contributed by atoms with Gasteiger partial charge in [-0.3, -0.25) is 0 Å². The first-order valence-electron chi connectivity index (χ1n) is 5.61. The Labute approximate surface area is 119 Å². The lowest BCUT2D eigenvalue weighted by Gasteiger charge is -2.11. The molecule has 0 fully saturated rings. The van der Waals surface area contributed by atoms with Crippen LogP contribution >= 0.6 is 15.9 Å². The van der Waals surface area contributed by atoms with Crippen molar-refractivity contribution in [2.24, 2.45) is 0 Å². The van der Waals surface area contributed by atoms with Crippen LogP contribution in [-0.4, -0.2) is 16.1 Å².